The second-order valence-electron chi connectivity index (χ2n) is 6.25. The second kappa shape index (κ2) is 6.12. The Labute approximate surface area is 151 Å². The number of nitrogens with zero attached hydrogens (tertiary/aromatic N) is 3. The summed E-state index contributed by atoms with van der Waals surface area (Å²) in [5, 5.41) is 0.259. The molecule has 2 heterocycles. The second-order valence-corrected chi connectivity index (χ2v) is 8.57. The summed E-state index contributed by atoms with van der Waals surface area (Å²) in [5.41, 5.74) is 1.98. The number of hydrogen-bond donors (Lipinski definition) is 0. The fourth-order valence-corrected chi connectivity index (χ4v) is 5.54. The Kier molecular flexibility index (Phi) is 4.06. The Hall–Kier alpha value is -1.89. The van der Waals surface area contributed by atoms with Gasteiger partial charge in [-0.1, -0.05) is 35.9 Å². The lowest BCUT2D eigenvalue weighted by atomic mass is 10.2. The maximum Gasteiger partial charge on any atom is 0.244 e. The van der Waals surface area contributed by atoms with Crippen LogP contribution in [-0.4, -0.2) is 35.4 Å². The average Bonchev–Trinajstić information content (AvgIpc) is 3.18. The summed E-state index contributed by atoms with van der Waals surface area (Å²) in [7, 11) is -3.59. The summed E-state index contributed by atoms with van der Waals surface area (Å²) < 4.78 is 29.5. The average molecular weight is 376 g/mol. The van der Waals surface area contributed by atoms with E-state index in [4.69, 9.17) is 11.6 Å². The third-order valence-electron chi connectivity index (χ3n) is 4.72. The van der Waals surface area contributed by atoms with E-state index in [1.54, 1.807) is 24.3 Å². The first-order valence-electron chi connectivity index (χ1n) is 8.17. The lowest BCUT2D eigenvalue weighted by molar-refractivity contribution is 0.452. The van der Waals surface area contributed by atoms with Crippen molar-refractivity contribution in [3.63, 3.8) is 0 Å². The van der Waals surface area contributed by atoms with Gasteiger partial charge >= 0.3 is 0 Å². The zero-order valence-corrected chi connectivity index (χ0v) is 15.3. The summed E-state index contributed by atoms with van der Waals surface area (Å²) in [6.07, 6.45) is 0.755. The molecule has 130 valence electrons. The van der Waals surface area contributed by atoms with Crippen molar-refractivity contribution in [2.24, 2.45) is 0 Å². The normalized spacial score (nSPS) is 18.9. The van der Waals surface area contributed by atoms with Crippen LogP contribution in [-0.2, 0) is 10.0 Å². The van der Waals surface area contributed by atoms with Crippen LogP contribution in [0.1, 0.15) is 18.3 Å². The predicted molar refractivity (Wildman–Crippen MR) is 98.3 cm³/mol. The molecule has 0 spiro atoms. The van der Waals surface area contributed by atoms with Gasteiger partial charge in [0.05, 0.1) is 22.1 Å². The van der Waals surface area contributed by atoms with Crippen LogP contribution >= 0.6 is 11.6 Å². The van der Waals surface area contributed by atoms with E-state index in [1.807, 2.05) is 31.2 Å². The third kappa shape index (κ3) is 2.74. The fourth-order valence-electron chi connectivity index (χ4n) is 3.56. The van der Waals surface area contributed by atoms with Gasteiger partial charge in [-0.2, -0.15) is 4.31 Å². The molecule has 0 N–H and O–H groups in total. The molecule has 25 heavy (non-hydrogen) atoms. The van der Waals surface area contributed by atoms with E-state index in [1.165, 1.54) is 4.31 Å². The maximum absolute atomic E-state index is 12.9. The highest BCUT2D eigenvalue weighted by Crippen LogP contribution is 2.32. The summed E-state index contributed by atoms with van der Waals surface area (Å²) in [6, 6.07) is 14.6. The van der Waals surface area contributed by atoms with E-state index >= 15 is 0 Å². The zero-order valence-electron chi connectivity index (χ0n) is 13.8. The van der Waals surface area contributed by atoms with Crippen molar-refractivity contribution in [1.29, 1.82) is 0 Å². The highest BCUT2D eigenvalue weighted by Gasteiger charge is 2.35. The molecule has 1 atom stereocenters. The van der Waals surface area contributed by atoms with Crippen molar-refractivity contribution in [2.75, 3.05) is 13.1 Å². The van der Waals surface area contributed by atoms with Crippen LogP contribution in [0.3, 0.4) is 0 Å². The van der Waals surface area contributed by atoms with Gasteiger partial charge in [0.15, 0.2) is 0 Å². The van der Waals surface area contributed by atoms with Crippen LogP contribution in [0.4, 0.5) is 0 Å². The molecule has 0 aliphatic carbocycles. The first kappa shape index (κ1) is 16.6. The number of rotatable bonds is 3. The molecule has 1 aliphatic heterocycles. The predicted octanol–water partition coefficient (Wildman–Crippen LogP) is 3.63. The van der Waals surface area contributed by atoms with Crippen LogP contribution in [0.2, 0.25) is 5.02 Å². The topological polar surface area (TPSA) is 55.2 Å². The van der Waals surface area contributed by atoms with E-state index in [0.717, 1.165) is 23.3 Å². The van der Waals surface area contributed by atoms with Crippen LogP contribution in [0.5, 0.6) is 0 Å². The van der Waals surface area contributed by atoms with Gasteiger partial charge in [-0.05, 0) is 37.6 Å². The number of imidazole rings is 1. The Morgan fingerprint density at radius 2 is 1.84 bits per heavy atom. The van der Waals surface area contributed by atoms with Crippen LogP contribution < -0.4 is 0 Å². The van der Waals surface area contributed by atoms with Gasteiger partial charge in [-0.25, -0.2) is 13.4 Å². The van der Waals surface area contributed by atoms with Crippen LogP contribution in [0.25, 0.3) is 11.0 Å². The summed E-state index contributed by atoms with van der Waals surface area (Å²) in [4.78, 5) is 4.76. The van der Waals surface area contributed by atoms with Crippen molar-refractivity contribution in [3.8, 4) is 0 Å². The number of benzene rings is 2. The Morgan fingerprint density at radius 3 is 2.64 bits per heavy atom. The van der Waals surface area contributed by atoms with Crippen molar-refractivity contribution >= 4 is 32.7 Å². The van der Waals surface area contributed by atoms with Crippen LogP contribution in [0, 0.1) is 6.92 Å². The molecule has 1 unspecified atom stereocenters. The number of para-hydroxylation sites is 2. The smallest absolute Gasteiger partial charge is 0.244 e. The minimum Gasteiger partial charge on any atom is -0.324 e. The number of aromatic nitrogens is 2. The summed E-state index contributed by atoms with van der Waals surface area (Å²) in [6.45, 7) is 2.87. The van der Waals surface area contributed by atoms with Gasteiger partial charge in [0.1, 0.15) is 10.7 Å². The largest absolute Gasteiger partial charge is 0.324 e. The molecule has 1 aliphatic rings. The minimum atomic E-state index is -3.59. The minimum absolute atomic E-state index is 0.0738. The molecule has 3 aromatic rings. The number of halogens is 1. The molecule has 0 amide bonds. The molecule has 4 rings (SSSR count). The molecule has 7 heteroatoms. The zero-order chi connectivity index (χ0) is 17.6. The number of hydrogen-bond acceptors (Lipinski definition) is 3. The summed E-state index contributed by atoms with van der Waals surface area (Å²) in [5.74, 6) is 0.906. The molecular formula is C18H18ClN3O2S. The molecule has 0 bridgehead atoms. The Balaban J connectivity index is 1.67. The Bertz CT molecular complexity index is 1050. The highest BCUT2D eigenvalue weighted by molar-refractivity contribution is 7.89. The Morgan fingerprint density at radius 1 is 1.12 bits per heavy atom. The standard InChI is InChI=1S/C18H18ClN3O2S/c1-13-20-16-7-3-4-8-17(16)22(13)14-10-11-21(12-14)25(23,24)18-9-5-2-6-15(18)19/h2-9,14H,10-12H2,1H3. The van der Waals surface area contributed by atoms with Gasteiger partial charge in [0, 0.05) is 13.1 Å². The van der Waals surface area contributed by atoms with Crippen molar-refractivity contribution < 1.29 is 8.42 Å². The number of fused-ring (bicyclic) bond motifs is 1. The van der Waals surface area contributed by atoms with Crippen molar-refractivity contribution in [1.82, 2.24) is 13.9 Å². The molecule has 1 aromatic heterocycles. The first-order chi connectivity index (χ1) is 12.0. The van der Waals surface area contributed by atoms with Gasteiger partial charge in [-0.15, -0.1) is 0 Å². The van der Waals surface area contributed by atoms with E-state index in [9.17, 15) is 8.42 Å². The van der Waals surface area contributed by atoms with Crippen molar-refractivity contribution in [3.05, 3.63) is 59.4 Å². The monoisotopic (exact) mass is 375 g/mol. The molecular weight excluding hydrogens is 358 g/mol. The van der Waals surface area contributed by atoms with Gasteiger partial charge in [0.25, 0.3) is 0 Å². The number of sulfonamides is 1. The molecule has 1 saturated heterocycles. The molecule has 1 fully saturated rings. The molecule has 5 nitrogen and oxygen atoms in total. The van der Waals surface area contributed by atoms with Crippen molar-refractivity contribution in [2.45, 2.75) is 24.3 Å². The maximum atomic E-state index is 12.9. The lowest BCUT2D eigenvalue weighted by Crippen LogP contribution is -2.29. The van der Waals surface area contributed by atoms with E-state index in [0.29, 0.717) is 13.1 Å². The number of aryl methyl sites for hydroxylation is 1. The van der Waals surface area contributed by atoms with Gasteiger partial charge < -0.3 is 4.57 Å². The molecule has 2 aromatic carbocycles. The molecule has 0 saturated carbocycles. The molecule has 0 radical (unpaired) electrons. The lowest BCUT2D eigenvalue weighted by Gasteiger charge is -2.19. The van der Waals surface area contributed by atoms with Gasteiger partial charge in [0.2, 0.25) is 10.0 Å². The highest BCUT2D eigenvalue weighted by atomic mass is 35.5. The quantitative estimate of drug-likeness (QED) is 0.702. The third-order valence-corrected chi connectivity index (χ3v) is 7.08. The van der Waals surface area contributed by atoms with E-state index < -0.39 is 10.0 Å². The summed E-state index contributed by atoms with van der Waals surface area (Å²) >= 11 is 6.11. The van der Waals surface area contributed by atoms with Gasteiger partial charge in [-0.3, -0.25) is 0 Å². The van der Waals surface area contributed by atoms with E-state index in [-0.39, 0.29) is 16.0 Å². The SMILES string of the molecule is Cc1nc2ccccc2n1C1CCN(S(=O)(=O)c2ccccc2Cl)C1. The van der Waals surface area contributed by atoms with E-state index in [2.05, 4.69) is 9.55 Å². The fraction of sp³-hybridized carbons (Fsp3) is 0.278. The van der Waals surface area contributed by atoms with Crippen LogP contribution in [0.15, 0.2) is 53.4 Å². The first-order valence-corrected chi connectivity index (χ1v) is 9.98.